The van der Waals surface area contributed by atoms with Gasteiger partial charge in [-0.1, -0.05) is 84.3 Å². The molecule has 0 heterocycles. The third-order valence-electron chi connectivity index (χ3n) is 5.70. The fourth-order valence-electron chi connectivity index (χ4n) is 3.55. The quantitative estimate of drug-likeness (QED) is 0.224. The van der Waals surface area contributed by atoms with Gasteiger partial charge < -0.3 is 9.84 Å². The molecule has 0 aliphatic carbocycles. The molecule has 3 nitrogen and oxygen atoms in total. The molecule has 0 aliphatic rings. The van der Waals surface area contributed by atoms with E-state index in [1.165, 1.54) is 63.9 Å². The van der Waals surface area contributed by atoms with Crippen molar-refractivity contribution in [2.24, 2.45) is 17.8 Å². The molecule has 3 heteroatoms. The maximum absolute atomic E-state index is 11.7. The fourth-order valence-corrected chi connectivity index (χ4v) is 3.55. The van der Waals surface area contributed by atoms with Gasteiger partial charge in [0, 0.05) is 6.42 Å². The Morgan fingerprint density at radius 3 is 1.96 bits per heavy atom. The van der Waals surface area contributed by atoms with Gasteiger partial charge in [0.15, 0.2) is 5.60 Å². The van der Waals surface area contributed by atoms with Crippen LogP contribution in [0.5, 0.6) is 0 Å². The summed E-state index contributed by atoms with van der Waals surface area (Å²) in [5, 5.41) is 10.2. The van der Waals surface area contributed by atoms with Gasteiger partial charge in [-0.25, -0.2) is 4.79 Å². The minimum atomic E-state index is -1.42. The second-order valence-electron chi connectivity index (χ2n) is 9.61. The van der Waals surface area contributed by atoms with E-state index >= 15 is 0 Å². The standard InChI is InChI=1S/C25H48O3/c1-8-28-24(26)25(7,27)19-18-23(6)17-11-16-22(5)15-10-14-21(4)13-9-12-20(2)3/h18,20-22,27H,8-17,19H2,1-7H3. The highest BCUT2D eigenvalue weighted by Gasteiger charge is 2.30. The van der Waals surface area contributed by atoms with Crippen LogP contribution in [-0.4, -0.2) is 23.3 Å². The zero-order chi connectivity index (χ0) is 21.6. The van der Waals surface area contributed by atoms with E-state index in [2.05, 4.69) is 34.6 Å². The molecular formula is C25H48O3. The molecule has 3 unspecified atom stereocenters. The molecule has 3 atom stereocenters. The largest absolute Gasteiger partial charge is 0.464 e. The highest BCUT2D eigenvalue weighted by atomic mass is 16.5. The molecule has 0 bridgehead atoms. The predicted molar refractivity (Wildman–Crippen MR) is 120 cm³/mol. The van der Waals surface area contributed by atoms with Gasteiger partial charge in [-0.3, -0.25) is 0 Å². The first-order valence-corrected chi connectivity index (χ1v) is 11.6. The van der Waals surface area contributed by atoms with Crippen molar-refractivity contribution in [3.63, 3.8) is 0 Å². The Labute approximate surface area is 175 Å². The molecule has 166 valence electrons. The molecule has 28 heavy (non-hydrogen) atoms. The van der Waals surface area contributed by atoms with Crippen molar-refractivity contribution in [1.82, 2.24) is 0 Å². The van der Waals surface area contributed by atoms with Crippen LogP contribution in [0.15, 0.2) is 11.6 Å². The molecule has 0 saturated heterocycles. The summed E-state index contributed by atoms with van der Waals surface area (Å²) in [5.74, 6) is 1.94. The smallest absolute Gasteiger partial charge is 0.338 e. The van der Waals surface area contributed by atoms with Crippen LogP contribution in [0.4, 0.5) is 0 Å². The lowest BCUT2D eigenvalue weighted by Gasteiger charge is -2.19. The second kappa shape index (κ2) is 15.1. The van der Waals surface area contributed by atoms with E-state index in [9.17, 15) is 9.90 Å². The number of hydrogen-bond donors (Lipinski definition) is 1. The summed E-state index contributed by atoms with van der Waals surface area (Å²) in [6.45, 7) is 15.1. The van der Waals surface area contributed by atoms with Crippen LogP contribution in [0, 0.1) is 17.8 Å². The maximum atomic E-state index is 11.7. The number of carbonyl (C=O) groups is 1. The average Bonchev–Trinajstić information content (AvgIpc) is 2.60. The summed E-state index contributed by atoms with van der Waals surface area (Å²) >= 11 is 0. The number of hydrogen-bond acceptors (Lipinski definition) is 3. The van der Waals surface area contributed by atoms with Gasteiger partial charge in [0.05, 0.1) is 6.61 Å². The predicted octanol–water partition coefficient (Wildman–Crippen LogP) is 7.08. The van der Waals surface area contributed by atoms with Crippen molar-refractivity contribution in [2.45, 2.75) is 118 Å². The summed E-state index contributed by atoms with van der Waals surface area (Å²) in [6.07, 6.45) is 13.9. The van der Waals surface area contributed by atoms with Crippen LogP contribution < -0.4 is 0 Å². The molecule has 0 rings (SSSR count). The molecule has 0 fully saturated rings. The van der Waals surface area contributed by atoms with Gasteiger partial charge in [-0.05, 0) is 51.4 Å². The summed E-state index contributed by atoms with van der Waals surface area (Å²) in [5.41, 5.74) is -0.174. The molecule has 1 N–H and O–H groups in total. The maximum Gasteiger partial charge on any atom is 0.338 e. The third kappa shape index (κ3) is 14.2. The van der Waals surface area contributed by atoms with E-state index < -0.39 is 11.6 Å². The van der Waals surface area contributed by atoms with Gasteiger partial charge in [0.25, 0.3) is 0 Å². The molecule has 0 spiro atoms. The number of esters is 1. The average molecular weight is 397 g/mol. The van der Waals surface area contributed by atoms with Gasteiger partial charge in [-0.2, -0.15) is 0 Å². The van der Waals surface area contributed by atoms with Gasteiger partial charge in [-0.15, -0.1) is 0 Å². The van der Waals surface area contributed by atoms with Crippen molar-refractivity contribution >= 4 is 5.97 Å². The van der Waals surface area contributed by atoms with Gasteiger partial charge in [0.2, 0.25) is 0 Å². The molecule has 0 aromatic rings. The Bertz CT molecular complexity index is 437. The summed E-state index contributed by atoms with van der Waals surface area (Å²) < 4.78 is 4.92. The first kappa shape index (κ1) is 27.2. The molecule has 0 aliphatic heterocycles. The normalized spacial score (nSPS) is 16.7. The minimum absolute atomic E-state index is 0.298. The van der Waals surface area contributed by atoms with Crippen molar-refractivity contribution in [2.75, 3.05) is 6.61 Å². The molecule has 0 radical (unpaired) electrons. The van der Waals surface area contributed by atoms with Crippen LogP contribution >= 0.6 is 0 Å². The second-order valence-corrected chi connectivity index (χ2v) is 9.61. The van der Waals surface area contributed by atoms with E-state index in [4.69, 9.17) is 4.74 Å². The number of aliphatic hydroxyl groups is 1. The number of allylic oxidation sites excluding steroid dienone is 1. The SMILES string of the molecule is CCOC(=O)C(C)(O)CC=C(C)CCCC(C)CCCC(C)CCCC(C)C. The van der Waals surface area contributed by atoms with E-state index in [1.54, 1.807) is 6.92 Å². The molecule has 0 saturated carbocycles. The van der Waals surface area contributed by atoms with E-state index in [1.807, 2.05) is 6.08 Å². The summed E-state index contributed by atoms with van der Waals surface area (Å²) in [4.78, 5) is 11.7. The Morgan fingerprint density at radius 2 is 1.46 bits per heavy atom. The lowest BCUT2D eigenvalue weighted by molar-refractivity contribution is -0.162. The first-order chi connectivity index (χ1) is 13.1. The van der Waals surface area contributed by atoms with E-state index in [0.717, 1.165) is 24.2 Å². The topological polar surface area (TPSA) is 46.5 Å². The molecule has 0 amide bonds. The third-order valence-corrected chi connectivity index (χ3v) is 5.70. The van der Waals surface area contributed by atoms with E-state index in [-0.39, 0.29) is 0 Å². The van der Waals surface area contributed by atoms with Gasteiger partial charge >= 0.3 is 5.97 Å². The van der Waals surface area contributed by atoms with E-state index in [0.29, 0.717) is 13.0 Å². The van der Waals surface area contributed by atoms with Crippen LogP contribution in [0.3, 0.4) is 0 Å². The zero-order valence-corrected chi connectivity index (χ0v) is 19.9. The van der Waals surface area contributed by atoms with Gasteiger partial charge in [0.1, 0.15) is 0 Å². The van der Waals surface area contributed by atoms with Crippen LogP contribution in [0.1, 0.15) is 113 Å². The van der Waals surface area contributed by atoms with Crippen LogP contribution in [0.25, 0.3) is 0 Å². The van der Waals surface area contributed by atoms with Crippen molar-refractivity contribution in [3.05, 3.63) is 11.6 Å². The number of ether oxygens (including phenoxy) is 1. The zero-order valence-electron chi connectivity index (χ0n) is 19.9. The number of carbonyl (C=O) groups excluding carboxylic acids is 1. The van der Waals surface area contributed by atoms with Crippen molar-refractivity contribution in [1.29, 1.82) is 0 Å². The molecular weight excluding hydrogens is 348 g/mol. The lowest BCUT2D eigenvalue weighted by Crippen LogP contribution is -2.36. The highest BCUT2D eigenvalue weighted by Crippen LogP contribution is 2.22. The van der Waals surface area contributed by atoms with Crippen LogP contribution in [0.2, 0.25) is 0 Å². The minimum Gasteiger partial charge on any atom is -0.464 e. The Hall–Kier alpha value is -0.830. The van der Waals surface area contributed by atoms with Crippen molar-refractivity contribution in [3.8, 4) is 0 Å². The Balaban J connectivity index is 3.92. The van der Waals surface area contributed by atoms with Crippen molar-refractivity contribution < 1.29 is 14.6 Å². The summed E-state index contributed by atoms with van der Waals surface area (Å²) in [6, 6.07) is 0. The van der Waals surface area contributed by atoms with Crippen LogP contribution in [-0.2, 0) is 9.53 Å². The fraction of sp³-hybridized carbons (Fsp3) is 0.880. The molecule has 0 aromatic heterocycles. The Kier molecular flexibility index (Phi) is 14.6. The number of rotatable bonds is 16. The Morgan fingerprint density at radius 1 is 0.964 bits per heavy atom. The first-order valence-electron chi connectivity index (χ1n) is 11.6. The monoisotopic (exact) mass is 396 g/mol. The summed E-state index contributed by atoms with van der Waals surface area (Å²) in [7, 11) is 0. The molecule has 0 aromatic carbocycles. The highest BCUT2D eigenvalue weighted by molar-refractivity contribution is 5.78. The lowest BCUT2D eigenvalue weighted by atomic mass is 9.91.